The van der Waals surface area contributed by atoms with Crippen molar-refractivity contribution in [3.63, 3.8) is 0 Å². The maximum atomic E-state index is 13.8. The van der Waals surface area contributed by atoms with Gasteiger partial charge in [0.25, 0.3) is 0 Å². The van der Waals surface area contributed by atoms with E-state index in [4.69, 9.17) is 13.9 Å². The van der Waals surface area contributed by atoms with Gasteiger partial charge in [-0.05, 0) is 55.3 Å². The lowest BCUT2D eigenvalue weighted by molar-refractivity contribution is 0.0730. The lowest BCUT2D eigenvalue weighted by atomic mass is 10.1. The van der Waals surface area contributed by atoms with Crippen LogP contribution in [0.2, 0.25) is 0 Å². The van der Waals surface area contributed by atoms with Crippen molar-refractivity contribution in [2.45, 2.75) is 13.8 Å². The van der Waals surface area contributed by atoms with E-state index >= 15 is 0 Å². The molecular formula is C24H17FO5. The zero-order valence-corrected chi connectivity index (χ0v) is 16.3. The summed E-state index contributed by atoms with van der Waals surface area (Å²) in [6.07, 6.45) is 1.22. The van der Waals surface area contributed by atoms with Crippen LogP contribution in [-0.4, -0.2) is 5.97 Å². The SMILES string of the molecule is Cc1ccc(C)c(Oc2coc3cc(OC(=O)c4ccccc4F)ccc3c2=O)c1. The van der Waals surface area contributed by atoms with Crippen LogP contribution in [0, 0.1) is 19.7 Å². The summed E-state index contributed by atoms with van der Waals surface area (Å²) in [4.78, 5) is 25.0. The first-order valence-electron chi connectivity index (χ1n) is 9.20. The number of esters is 1. The summed E-state index contributed by atoms with van der Waals surface area (Å²) < 4.78 is 30.3. The highest BCUT2D eigenvalue weighted by atomic mass is 19.1. The molecule has 1 heterocycles. The van der Waals surface area contributed by atoms with Crippen molar-refractivity contribution in [2.24, 2.45) is 0 Å². The van der Waals surface area contributed by atoms with Crippen LogP contribution in [0.25, 0.3) is 11.0 Å². The normalized spacial score (nSPS) is 10.8. The summed E-state index contributed by atoms with van der Waals surface area (Å²) in [6, 6.07) is 15.5. The number of carbonyl (C=O) groups excluding carboxylic acids is 1. The van der Waals surface area contributed by atoms with Crippen LogP contribution in [0.4, 0.5) is 4.39 Å². The predicted molar refractivity (Wildman–Crippen MR) is 110 cm³/mol. The van der Waals surface area contributed by atoms with Gasteiger partial charge in [-0.3, -0.25) is 4.79 Å². The fourth-order valence-corrected chi connectivity index (χ4v) is 2.95. The Hall–Kier alpha value is -3.93. The molecule has 6 heteroatoms. The zero-order chi connectivity index (χ0) is 21.3. The number of benzene rings is 3. The van der Waals surface area contributed by atoms with Crippen molar-refractivity contribution in [2.75, 3.05) is 0 Å². The number of aryl methyl sites for hydroxylation is 2. The summed E-state index contributed by atoms with van der Waals surface area (Å²) >= 11 is 0. The van der Waals surface area contributed by atoms with Gasteiger partial charge in [0, 0.05) is 6.07 Å². The first-order valence-corrected chi connectivity index (χ1v) is 9.20. The number of rotatable bonds is 4. The Balaban J connectivity index is 1.63. The highest BCUT2D eigenvalue weighted by molar-refractivity contribution is 5.92. The minimum absolute atomic E-state index is 0.0484. The first-order chi connectivity index (χ1) is 14.4. The Morgan fingerprint density at radius 1 is 0.967 bits per heavy atom. The molecule has 0 saturated carbocycles. The Bertz CT molecular complexity index is 1320. The van der Waals surface area contributed by atoms with Crippen LogP contribution in [0.5, 0.6) is 17.2 Å². The maximum Gasteiger partial charge on any atom is 0.346 e. The van der Waals surface area contributed by atoms with Crippen molar-refractivity contribution < 1.29 is 23.1 Å². The van der Waals surface area contributed by atoms with Gasteiger partial charge in [0.05, 0.1) is 10.9 Å². The standard InChI is InChI=1S/C24H17FO5/c1-14-7-8-15(2)20(11-14)30-22-13-28-21-12-16(9-10-18(21)23(22)26)29-24(27)17-5-3-4-6-19(17)25/h3-13H,1-2H3. The molecule has 0 bridgehead atoms. The van der Waals surface area contributed by atoms with E-state index in [1.165, 1.54) is 48.7 Å². The largest absolute Gasteiger partial charge is 0.460 e. The molecule has 0 radical (unpaired) electrons. The highest BCUT2D eigenvalue weighted by Gasteiger charge is 2.15. The highest BCUT2D eigenvalue weighted by Crippen LogP contribution is 2.27. The van der Waals surface area contributed by atoms with E-state index in [2.05, 4.69) is 0 Å². The molecule has 0 atom stereocenters. The van der Waals surface area contributed by atoms with E-state index < -0.39 is 11.8 Å². The second kappa shape index (κ2) is 7.83. The molecule has 5 nitrogen and oxygen atoms in total. The summed E-state index contributed by atoms with van der Waals surface area (Å²) in [5.74, 6) is -0.779. The fraction of sp³-hybridized carbons (Fsp3) is 0.0833. The van der Waals surface area contributed by atoms with Crippen molar-refractivity contribution in [3.8, 4) is 17.2 Å². The smallest absolute Gasteiger partial charge is 0.346 e. The van der Waals surface area contributed by atoms with Crippen molar-refractivity contribution >= 4 is 16.9 Å². The Morgan fingerprint density at radius 3 is 2.57 bits per heavy atom. The van der Waals surface area contributed by atoms with E-state index in [1.807, 2.05) is 32.0 Å². The maximum absolute atomic E-state index is 13.8. The van der Waals surface area contributed by atoms with Gasteiger partial charge >= 0.3 is 5.97 Å². The number of ether oxygens (including phenoxy) is 2. The predicted octanol–water partition coefficient (Wildman–Crippen LogP) is 5.56. The molecule has 0 fully saturated rings. The van der Waals surface area contributed by atoms with Gasteiger partial charge < -0.3 is 13.9 Å². The average molecular weight is 404 g/mol. The zero-order valence-electron chi connectivity index (χ0n) is 16.3. The first kappa shape index (κ1) is 19.4. The van der Waals surface area contributed by atoms with Gasteiger partial charge in [-0.15, -0.1) is 0 Å². The van der Waals surface area contributed by atoms with Gasteiger partial charge in [0.1, 0.15) is 29.2 Å². The van der Waals surface area contributed by atoms with Gasteiger partial charge in [0.2, 0.25) is 11.2 Å². The van der Waals surface area contributed by atoms with Crippen LogP contribution < -0.4 is 14.9 Å². The third kappa shape index (κ3) is 3.80. The Kier molecular flexibility index (Phi) is 5.06. The van der Waals surface area contributed by atoms with E-state index in [-0.39, 0.29) is 33.5 Å². The topological polar surface area (TPSA) is 65.7 Å². The molecule has 4 aromatic rings. The number of hydrogen-bond acceptors (Lipinski definition) is 5. The van der Waals surface area contributed by atoms with E-state index in [0.717, 1.165) is 11.1 Å². The second-order valence-electron chi connectivity index (χ2n) is 6.83. The van der Waals surface area contributed by atoms with Crippen LogP contribution in [-0.2, 0) is 0 Å². The monoisotopic (exact) mass is 404 g/mol. The van der Waals surface area contributed by atoms with Gasteiger partial charge in [0.15, 0.2) is 0 Å². The summed E-state index contributed by atoms with van der Waals surface area (Å²) in [7, 11) is 0. The molecule has 0 unspecified atom stereocenters. The minimum Gasteiger partial charge on any atom is -0.460 e. The molecule has 1 aromatic heterocycles. The molecule has 0 aliphatic carbocycles. The molecule has 3 aromatic carbocycles. The Morgan fingerprint density at radius 2 is 1.77 bits per heavy atom. The molecule has 0 saturated heterocycles. The van der Waals surface area contributed by atoms with Gasteiger partial charge in [-0.2, -0.15) is 0 Å². The molecule has 0 spiro atoms. The van der Waals surface area contributed by atoms with Crippen LogP contribution in [0.1, 0.15) is 21.5 Å². The summed E-state index contributed by atoms with van der Waals surface area (Å²) in [6.45, 7) is 3.81. The fourth-order valence-electron chi connectivity index (χ4n) is 2.95. The van der Waals surface area contributed by atoms with Crippen LogP contribution in [0.3, 0.4) is 0 Å². The van der Waals surface area contributed by atoms with E-state index in [1.54, 1.807) is 0 Å². The van der Waals surface area contributed by atoms with Gasteiger partial charge in [-0.25, -0.2) is 9.18 Å². The number of fused-ring (bicyclic) bond motifs is 1. The molecule has 0 aliphatic rings. The molecule has 30 heavy (non-hydrogen) atoms. The van der Waals surface area contributed by atoms with Crippen molar-refractivity contribution in [1.29, 1.82) is 0 Å². The van der Waals surface area contributed by atoms with Crippen LogP contribution >= 0.6 is 0 Å². The number of hydrogen-bond donors (Lipinski definition) is 0. The molecule has 0 amide bonds. The molecule has 0 aliphatic heterocycles. The van der Waals surface area contributed by atoms with E-state index in [9.17, 15) is 14.0 Å². The quantitative estimate of drug-likeness (QED) is 0.329. The number of carbonyl (C=O) groups is 1. The lowest BCUT2D eigenvalue weighted by Crippen LogP contribution is -2.11. The summed E-state index contributed by atoms with van der Waals surface area (Å²) in [5.41, 5.74) is 1.56. The molecule has 0 N–H and O–H groups in total. The molecule has 150 valence electrons. The van der Waals surface area contributed by atoms with Crippen LogP contribution in [0.15, 0.2) is 76.1 Å². The third-order valence-electron chi connectivity index (χ3n) is 4.58. The van der Waals surface area contributed by atoms with Crippen molar-refractivity contribution in [1.82, 2.24) is 0 Å². The third-order valence-corrected chi connectivity index (χ3v) is 4.58. The molecular weight excluding hydrogens is 387 g/mol. The van der Waals surface area contributed by atoms with Gasteiger partial charge in [-0.1, -0.05) is 24.3 Å². The number of halogens is 1. The minimum atomic E-state index is -0.843. The molecule has 4 rings (SSSR count). The Labute approximate surface area is 171 Å². The average Bonchev–Trinajstić information content (AvgIpc) is 2.73. The summed E-state index contributed by atoms with van der Waals surface area (Å²) in [5, 5.41) is 0.267. The lowest BCUT2D eigenvalue weighted by Gasteiger charge is -2.10. The van der Waals surface area contributed by atoms with Crippen molar-refractivity contribution in [3.05, 3.63) is 99.7 Å². The van der Waals surface area contributed by atoms with E-state index in [0.29, 0.717) is 5.75 Å². The second-order valence-corrected chi connectivity index (χ2v) is 6.83.